The van der Waals surface area contributed by atoms with Crippen LogP contribution in [0.5, 0.6) is 0 Å². The van der Waals surface area contributed by atoms with Gasteiger partial charge in [-0.25, -0.2) is 4.79 Å². The predicted molar refractivity (Wildman–Crippen MR) is 49.3 cm³/mol. The summed E-state index contributed by atoms with van der Waals surface area (Å²) >= 11 is 0. The van der Waals surface area contributed by atoms with Gasteiger partial charge in [-0.1, -0.05) is 12.8 Å². The van der Waals surface area contributed by atoms with Crippen molar-refractivity contribution in [3.63, 3.8) is 0 Å². The summed E-state index contributed by atoms with van der Waals surface area (Å²) in [4.78, 5) is 20.6. The minimum Gasteiger partial charge on any atom is -0.459 e. The highest BCUT2D eigenvalue weighted by Gasteiger charge is 2.40. The molecule has 0 radical (unpaired) electrons. The summed E-state index contributed by atoms with van der Waals surface area (Å²) in [5, 5.41) is 0. The molecular weight excluding hydrogens is 227 g/mol. The molecule has 0 aliphatic carbocycles. The number of esters is 1. The molecule has 0 fully saturated rings. The van der Waals surface area contributed by atoms with Gasteiger partial charge in [-0.3, -0.25) is 4.79 Å². The van der Waals surface area contributed by atoms with Gasteiger partial charge >= 0.3 is 12.1 Å². The fraction of sp³-hybridized carbons (Fsp3) is 0.778. The number of alkyl halides is 3. The Labute approximate surface area is 90.9 Å². The van der Waals surface area contributed by atoms with Gasteiger partial charge in [0.05, 0.1) is 6.61 Å². The Morgan fingerprint density at radius 2 is 1.62 bits per heavy atom. The molecule has 0 atom stereocenters. The Morgan fingerprint density at radius 3 is 2.12 bits per heavy atom. The molecule has 0 bridgehead atoms. The van der Waals surface area contributed by atoms with Crippen molar-refractivity contribution in [2.45, 2.75) is 38.3 Å². The number of hydrogen-bond acceptors (Lipinski definition) is 3. The summed E-state index contributed by atoms with van der Waals surface area (Å²) in [6.45, 7) is -0.255. The second kappa shape index (κ2) is 7.08. The van der Waals surface area contributed by atoms with Crippen LogP contribution in [0.2, 0.25) is 0 Å². The third kappa shape index (κ3) is 8.07. The van der Waals surface area contributed by atoms with Crippen LogP contribution >= 0.6 is 0 Å². The Bertz CT molecular complexity index is 241. The van der Waals surface area contributed by atoms with E-state index in [-0.39, 0.29) is 13.0 Å². The van der Waals surface area contributed by atoms with Gasteiger partial charge in [0, 0.05) is 6.42 Å². The number of amides is 1. The lowest BCUT2D eigenvalue weighted by Crippen LogP contribution is -2.25. The Hall–Kier alpha value is -1.27. The first kappa shape index (κ1) is 14.7. The van der Waals surface area contributed by atoms with E-state index in [0.29, 0.717) is 25.7 Å². The van der Waals surface area contributed by atoms with Crippen molar-refractivity contribution in [2.24, 2.45) is 5.73 Å². The minimum atomic E-state index is -4.92. The Kier molecular flexibility index (Phi) is 6.52. The summed E-state index contributed by atoms with van der Waals surface area (Å²) in [5.74, 6) is -2.56. The van der Waals surface area contributed by atoms with E-state index in [4.69, 9.17) is 5.73 Å². The zero-order valence-corrected chi connectivity index (χ0v) is 8.68. The van der Waals surface area contributed by atoms with Gasteiger partial charge in [0.1, 0.15) is 0 Å². The van der Waals surface area contributed by atoms with Crippen LogP contribution in [0.25, 0.3) is 0 Å². The van der Waals surface area contributed by atoms with Crippen LogP contribution in [-0.4, -0.2) is 24.7 Å². The maximum Gasteiger partial charge on any atom is 0.490 e. The molecule has 0 aliphatic rings. The van der Waals surface area contributed by atoms with E-state index in [1.54, 1.807) is 0 Å². The van der Waals surface area contributed by atoms with Gasteiger partial charge in [0.25, 0.3) is 0 Å². The molecule has 0 saturated heterocycles. The number of nitrogens with two attached hydrogens (primary N) is 1. The molecule has 7 heteroatoms. The molecule has 94 valence electrons. The lowest BCUT2D eigenvalue weighted by atomic mass is 10.1. The summed E-state index contributed by atoms with van der Waals surface area (Å²) < 4.78 is 38.9. The third-order valence-electron chi connectivity index (χ3n) is 1.78. The van der Waals surface area contributed by atoms with E-state index < -0.39 is 18.1 Å². The fourth-order valence-corrected chi connectivity index (χ4v) is 1.00. The lowest BCUT2D eigenvalue weighted by Gasteiger charge is -2.06. The zero-order valence-electron chi connectivity index (χ0n) is 8.68. The maximum absolute atomic E-state index is 11.6. The highest BCUT2D eigenvalue weighted by Crippen LogP contribution is 2.16. The molecule has 2 N–H and O–H groups in total. The zero-order chi connectivity index (χ0) is 12.6. The van der Waals surface area contributed by atoms with Crippen molar-refractivity contribution in [3.8, 4) is 0 Å². The number of primary amides is 1. The molecule has 16 heavy (non-hydrogen) atoms. The molecule has 0 saturated carbocycles. The number of ether oxygens (including phenoxy) is 1. The van der Waals surface area contributed by atoms with Gasteiger partial charge < -0.3 is 10.5 Å². The normalized spacial score (nSPS) is 11.2. The number of halogens is 3. The maximum atomic E-state index is 11.6. The van der Waals surface area contributed by atoms with Crippen LogP contribution in [-0.2, 0) is 14.3 Å². The monoisotopic (exact) mass is 241 g/mol. The molecule has 0 unspecified atom stereocenters. The highest BCUT2D eigenvalue weighted by atomic mass is 19.4. The molecule has 4 nitrogen and oxygen atoms in total. The number of hydrogen-bond donors (Lipinski definition) is 1. The topological polar surface area (TPSA) is 69.4 Å². The van der Waals surface area contributed by atoms with Crippen LogP contribution in [0, 0.1) is 0 Å². The van der Waals surface area contributed by atoms with Crippen LogP contribution < -0.4 is 5.73 Å². The first-order valence-electron chi connectivity index (χ1n) is 4.86. The van der Waals surface area contributed by atoms with E-state index in [1.165, 1.54) is 0 Å². The number of carbonyl (C=O) groups is 2. The van der Waals surface area contributed by atoms with Crippen molar-refractivity contribution in [2.75, 3.05) is 6.61 Å². The van der Waals surface area contributed by atoms with Crippen molar-refractivity contribution in [1.82, 2.24) is 0 Å². The molecule has 0 spiro atoms. The molecule has 0 aromatic carbocycles. The highest BCUT2D eigenvalue weighted by molar-refractivity contribution is 5.75. The van der Waals surface area contributed by atoms with E-state index in [2.05, 4.69) is 4.74 Å². The standard InChI is InChI=1S/C9H14F3NO3/c10-9(11,12)8(15)16-6-4-2-1-3-5-7(13)14/h1-6H2,(H2,13,14). The largest absolute Gasteiger partial charge is 0.490 e. The smallest absolute Gasteiger partial charge is 0.459 e. The van der Waals surface area contributed by atoms with E-state index in [9.17, 15) is 22.8 Å². The third-order valence-corrected chi connectivity index (χ3v) is 1.78. The second-order valence-electron chi connectivity index (χ2n) is 3.26. The average Bonchev–Trinajstić information content (AvgIpc) is 2.14. The van der Waals surface area contributed by atoms with Gasteiger partial charge in [-0.15, -0.1) is 0 Å². The molecule has 0 rings (SSSR count). The molecule has 0 aromatic heterocycles. The molecule has 0 aliphatic heterocycles. The first-order chi connectivity index (χ1) is 7.34. The van der Waals surface area contributed by atoms with Crippen LogP contribution in [0.4, 0.5) is 13.2 Å². The van der Waals surface area contributed by atoms with Gasteiger partial charge in [-0.05, 0) is 12.8 Å². The summed E-state index contributed by atoms with van der Waals surface area (Å²) in [6.07, 6.45) is -2.44. The van der Waals surface area contributed by atoms with Crippen molar-refractivity contribution in [1.29, 1.82) is 0 Å². The van der Waals surface area contributed by atoms with Crippen LogP contribution in [0.1, 0.15) is 32.1 Å². The first-order valence-corrected chi connectivity index (χ1v) is 4.86. The van der Waals surface area contributed by atoms with Crippen molar-refractivity contribution in [3.05, 3.63) is 0 Å². The Balaban J connectivity index is 3.34. The lowest BCUT2D eigenvalue weighted by molar-refractivity contribution is -0.199. The van der Waals surface area contributed by atoms with Crippen LogP contribution in [0.15, 0.2) is 0 Å². The number of rotatable bonds is 7. The SMILES string of the molecule is NC(=O)CCCCCCOC(=O)C(F)(F)F. The average molecular weight is 241 g/mol. The second-order valence-corrected chi connectivity index (χ2v) is 3.26. The van der Waals surface area contributed by atoms with Gasteiger partial charge in [0.2, 0.25) is 5.91 Å². The van der Waals surface area contributed by atoms with Crippen LogP contribution in [0.3, 0.4) is 0 Å². The van der Waals surface area contributed by atoms with Crippen molar-refractivity contribution >= 4 is 11.9 Å². The summed E-state index contributed by atoms with van der Waals surface area (Å²) in [5.41, 5.74) is 4.89. The van der Waals surface area contributed by atoms with E-state index in [0.717, 1.165) is 0 Å². The molecule has 0 heterocycles. The number of carbonyl (C=O) groups excluding carboxylic acids is 2. The molecular formula is C9H14F3NO3. The van der Waals surface area contributed by atoms with E-state index >= 15 is 0 Å². The van der Waals surface area contributed by atoms with Gasteiger partial charge in [-0.2, -0.15) is 13.2 Å². The quantitative estimate of drug-likeness (QED) is 0.542. The van der Waals surface area contributed by atoms with Gasteiger partial charge in [0.15, 0.2) is 0 Å². The number of unbranched alkanes of at least 4 members (excludes halogenated alkanes) is 3. The predicted octanol–water partition coefficient (Wildman–Crippen LogP) is 1.53. The fourth-order valence-electron chi connectivity index (χ4n) is 1.00. The minimum absolute atomic E-state index is 0.255. The van der Waals surface area contributed by atoms with E-state index in [1.807, 2.05) is 0 Å². The summed E-state index contributed by atoms with van der Waals surface area (Å²) in [6, 6.07) is 0. The van der Waals surface area contributed by atoms with Crippen molar-refractivity contribution < 1.29 is 27.5 Å². The Morgan fingerprint density at radius 1 is 1.06 bits per heavy atom. The molecule has 0 aromatic rings. The summed E-state index contributed by atoms with van der Waals surface area (Å²) in [7, 11) is 0. The molecule has 1 amide bonds.